The summed E-state index contributed by atoms with van der Waals surface area (Å²) in [6, 6.07) is 4.61. The Morgan fingerprint density at radius 3 is 2.75 bits per heavy atom. The first kappa shape index (κ1) is 18.7. The molecule has 3 amide bonds. The lowest BCUT2D eigenvalue weighted by atomic mass is 9.72. The highest BCUT2D eigenvalue weighted by molar-refractivity contribution is 5.92. The summed E-state index contributed by atoms with van der Waals surface area (Å²) < 4.78 is 0. The number of fused-ring (bicyclic) bond motifs is 4. The fourth-order valence-corrected chi connectivity index (χ4v) is 5.19. The van der Waals surface area contributed by atoms with Crippen LogP contribution in [0, 0.1) is 11.8 Å². The predicted octanol–water partition coefficient (Wildman–Crippen LogP) is 0.353. The third-order valence-corrected chi connectivity index (χ3v) is 6.34. The zero-order valence-electron chi connectivity index (χ0n) is 16.0. The Morgan fingerprint density at radius 2 is 2.00 bits per heavy atom. The van der Waals surface area contributed by atoms with Gasteiger partial charge in [0, 0.05) is 45.1 Å². The second-order valence-electron chi connectivity index (χ2n) is 8.16. The number of piperidine rings is 3. The Labute approximate surface area is 163 Å². The fourth-order valence-electron chi connectivity index (χ4n) is 5.19. The molecule has 1 aromatic heterocycles. The van der Waals surface area contributed by atoms with E-state index in [9.17, 15) is 19.2 Å². The van der Waals surface area contributed by atoms with E-state index in [2.05, 4.69) is 10.3 Å². The van der Waals surface area contributed by atoms with Crippen molar-refractivity contribution in [3.8, 4) is 0 Å². The van der Waals surface area contributed by atoms with Crippen molar-refractivity contribution in [3.63, 3.8) is 0 Å². The maximum atomic E-state index is 13.0. The van der Waals surface area contributed by atoms with Crippen molar-refractivity contribution in [1.82, 2.24) is 20.1 Å². The number of hydrogen-bond donors (Lipinski definition) is 2. The van der Waals surface area contributed by atoms with Gasteiger partial charge >= 0.3 is 0 Å². The molecule has 0 spiro atoms. The average molecular weight is 386 g/mol. The van der Waals surface area contributed by atoms with E-state index < -0.39 is 0 Å². The van der Waals surface area contributed by atoms with Crippen LogP contribution in [-0.4, -0.2) is 64.2 Å². The van der Waals surface area contributed by atoms with Crippen LogP contribution in [0.5, 0.6) is 0 Å². The third kappa shape index (κ3) is 3.43. The normalized spacial score (nSPS) is 29.2. The van der Waals surface area contributed by atoms with Gasteiger partial charge in [-0.05, 0) is 37.2 Å². The van der Waals surface area contributed by atoms with Crippen LogP contribution < -0.4 is 10.9 Å². The third-order valence-electron chi connectivity index (χ3n) is 6.34. The smallest absolute Gasteiger partial charge is 0.270 e. The predicted molar refractivity (Wildman–Crippen MR) is 102 cm³/mol. The first-order chi connectivity index (χ1) is 13.4. The second kappa shape index (κ2) is 7.41. The summed E-state index contributed by atoms with van der Waals surface area (Å²) in [5, 5.41) is 2.87. The van der Waals surface area contributed by atoms with E-state index in [1.165, 1.54) is 13.0 Å². The SMILES string of the molecule is CC(=O)NC[C@H]1[C@H]2C[C@H](CN(C(=O)c3cccc(=O)[nH]3)C2)[C@@H]2CCCC(=O)N21. The number of rotatable bonds is 3. The average Bonchev–Trinajstić information content (AvgIpc) is 2.67. The van der Waals surface area contributed by atoms with Gasteiger partial charge in [-0.15, -0.1) is 0 Å². The van der Waals surface area contributed by atoms with Crippen LogP contribution in [0.4, 0.5) is 0 Å². The van der Waals surface area contributed by atoms with E-state index in [1.807, 2.05) is 4.90 Å². The van der Waals surface area contributed by atoms with Gasteiger partial charge in [0.05, 0.1) is 6.04 Å². The minimum absolute atomic E-state index is 0.0941. The van der Waals surface area contributed by atoms with E-state index in [1.54, 1.807) is 17.0 Å². The van der Waals surface area contributed by atoms with Gasteiger partial charge in [-0.3, -0.25) is 19.2 Å². The molecule has 8 heteroatoms. The zero-order chi connectivity index (χ0) is 19.8. The highest BCUT2D eigenvalue weighted by atomic mass is 16.2. The topological polar surface area (TPSA) is 103 Å². The van der Waals surface area contributed by atoms with E-state index >= 15 is 0 Å². The largest absolute Gasteiger partial charge is 0.354 e. The summed E-state index contributed by atoms with van der Waals surface area (Å²) in [7, 11) is 0. The summed E-state index contributed by atoms with van der Waals surface area (Å²) >= 11 is 0. The molecule has 2 N–H and O–H groups in total. The number of hydrogen-bond acceptors (Lipinski definition) is 4. The van der Waals surface area contributed by atoms with Crippen molar-refractivity contribution in [2.45, 2.75) is 44.7 Å². The van der Waals surface area contributed by atoms with E-state index in [4.69, 9.17) is 0 Å². The van der Waals surface area contributed by atoms with Gasteiger partial charge in [-0.1, -0.05) is 6.07 Å². The molecule has 0 saturated carbocycles. The standard InChI is InChI=1S/C20H26N4O4/c1-12(25)21-9-17-14-8-13(16-5-3-7-19(27)24(16)17)10-23(11-14)20(28)15-4-2-6-18(26)22-15/h2,4,6,13-14,16-17H,3,5,7-11H2,1H3,(H,21,25)(H,22,26)/t13-,14+,16+,17+/m1/s1. The van der Waals surface area contributed by atoms with Gasteiger partial charge in [0.15, 0.2) is 0 Å². The molecule has 3 saturated heterocycles. The van der Waals surface area contributed by atoms with Crippen molar-refractivity contribution in [2.75, 3.05) is 19.6 Å². The highest BCUT2D eigenvalue weighted by Crippen LogP contribution is 2.41. The first-order valence-electron chi connectivity index (χ1n) is 9.98. The van der Waals surface area contributed by atoms with Crippen LogP contribution in [0.3, 0.4) is 0 Å². The minimum Gasteiger partial charge on any atom is -0.354 e. The number of pyridine rings is 1. The van der Waals surface area contributed by atoms with Crippen molar-refractivity contribution in [1.29, 1.82) is 0 Å². The molecule has 3 fully saturated rings. The molecule has 28 heavy (non-hydrogen) atoms. The molecule has 2 bridgehead atoms. The van der Waals surface area contributed by atoms with Gasteiger partial charge in [0.25, 0.3) is 5.91 Å². The summed E-state index contributed by atoms with van der Waals surface area (Å²) in [6.07, 6.45) is 3.31. The molecule has 0 radical (unpaired) electrons. The van der Waals surface area contributed by atoms with E-state index in [0.717, 1.165) is 19.3 Å². The summed E-state index contributed by atoms with van der Waals surface area (Å²) in [5.41, 5.74) is -0.00176. The molecule has 0 aliphatic carbocycles. The van der Waals surface area contributed by atoms with Crippen molar-refractivity contribution in [3.05, 3.63) is 34.2 Å². The number of nitrogens with one attached hydrogen (secondary N) is 2. The van der Waals surface area contributed by atoms with Gasteiger partial charge in [0.2, 0.25) is 17.4 Å². The summed E-state index contributed by atoms with van der Waals surface area (Å²) in [5.74, 6) is 0.211. The number of nitrogens with zero attached hydrogens (tertiary/aromatic N) is 2. The number of likely N-dealkylation sites (tertiary alicyclic amines) is 1. The van der Waals surface area contributed by atoms with Gasteiger partial charge in [-0.2, -0.15) is 0 Å². The lowest BCUT2D eigenvalue weighted by Gasteiger charge is -2.56. The molecule has 150 valence electrons. The quantitative estimate of drug-likeness (QED) is 0.783. The van der Waals surface area contributed by atoms with Crippen LogP contribution in [-0.2, 0) is 9.59 Å². The molecule has 4 atom stereocenters. The van der Waals surface area contributed by atoms with E-state index in [0.29, 0.717) is 31.7 Å². The number of aromatic amines is 1. The van der Waals surface area contributed by atoms with Gasteiger partial charge in [0.1, 0.15) is 5.69 Å². The number of carbonyl (C=O) groups excluding carboxylic acids is 3. The molecule has 4 heterocycles. The summed E-state index contributed by atoms with van der Waals surface area (Å²) in [6.45, 7) is 3.00. The fraction of sp³-hybridized carbons (Fsp3) is 0.600. The Morgan fingerprint density at radius 1 is 1.21 bits per heavy atom. The number of H-pyrrole nitrogens is 1. The molecule has 0 aromatic carbocycles. The highest BCUT2D eigenvalue weighted by Gasteiger charge is 2.50. The Kier molecular flexibility index (Phi) is 4.95. The first-order valence-corrected chi connectivity index (χ1v) is 9.98. The Balaban J connectivity index is 1.60. The number of aromatic nitrogens is 1. The Hall–Kier alpha value is -2.64. The molecule has 3 aliphatic rings. The Bertz CT molecular complexity index is 851. The van der Waals surface area contributed by atoms with Crippen molar-refractivity contribution < 1.29 is 14.4 Å². The van der Waals surface area contributed by atoms with E-state index in [-0.39, 0.29) is 47.2 Å². The number of carbonyl (C=O) groups is 3. The van der Waals surface area contributed by atoms with Crippen LogP contribution in [0.25, 0.3) is 0 Å². The molecule has 0 unspecified atom stereocenters. The molecule has 3 aliphatic heterocycles. The van der Waals surface area contributed by atoms with Crippen LogP contribution in [0.1, 0.15) is 43.1 Å². The summed E-state index contributed by atoms with van der Waals surface area (Å²) in [4.78, 5) is 55.2. The molecule has 4 rings (SSSR count). The van der Waals surface area contributed by atoms with Crippen LogP contribution in [0.15, 0.2) is 23.0 Å². The van der Waals surface area contributed by atoms with Crippen molar-refractivity contribution >= 4 is 17.7 Å². The maximum absolute atomic E-state index is 13.0. The second-order valence-corrected chi connectivity index (χ2v) is 8.16. The maximum Gasteiger partial charge on any atom is 0.270 e. The minimum atomic E-state index is -0.296. The molecule has 8 nitrogen and oxygen atoms in total. The monoisotopic (exact) mass is 386 g/mol. The van der Waals surface area contributed by atoms with Crippen LogP contribution in [0.2, 0.25) is 0 Å². The van der Waals surface area contributed by atoms with Crippen molar-refractivity contribution in [2.24, 2.45) is 11.8 Å². The number of amides is 3. The molecular weight excluding hydrogens is 360 g/mol. The molecule has 1 aromatic rings. The van der Waals surface area contributed by atoms with Gasteiger partial charge < -0.3 is 20.1 Å². The van der Waals surface area contributed by atoms with Crippen LogP contribution >= 0.6 is 0 Å². The zero-order valence-corrected chi connectivity index (χ0v) is 16.0. The van der Waals surface area contributed by atoms with Gasteiger partial charge in [-0.25, -0.2) is 0 Å². The lowest BCUT2D eigenvalue weighted by molar-refractivity contribution is -0.151. The lowest BCUT2D eigenvalue weighted by Crippen LogP contribution is -2.67. The molecular formula is C20H26N4O4.